The van der Waals surface area contributed by atoms with Crippen molar-refractivity contribution in [3.63, 3.8) is 0 Å². The monoisotopic (exact) mass is 714 g/mol. The number of anilines is 2. The van der Waals surface area contributed by atoms with Gasteiger partial charge in [0.2, 0.25) is 11.8 Å². The third-order valence-corrected chi connectivity index (χ3v) is 12.0. The van der Waals surface area contributed by atoms with Crippen molar-refractivity contribution in [2.45, 2.75) is 48.8 Å². The lowest BCUT2D eigenvalue weighted by atomic mass is 10.0. The van der Waals surface area contributed by atoms with Crippen molar-refractivity contribution in [1.29, 1.82) is 0 Å². The fourth-order valence-corrected chi connectivity index (χ4v) is 9.14. The molecule has 270 valence electrons. The summed E-state index contributed by atoms with van der Waals surface area (Å²) in [7, 11) is 0. The molecule has 2 atom stereocenters. The molecule has 4 aliphatic rings. The first-order chi connectivity index (χ1) is 24.9. The minimum atomic E-state index is -0.574. The first-order valence-electron chi connectivity index (χ1n) is 18.2. The summed E-state index contributed by atoms with van der Waals surface area (Å²) in [5.74, 6) is -0.498. The topological polar surface area (TPSA) is 97.5 Å². The van der Waals surface area contributed by atoms with Crippen LogP contribution in [0.25, 0.3) is 0 Å². The number of rotatable bonds is 11. The number of urea groups is 1. The summed E-state index contributed by atoms with van der Waals surface area (Å²) in [6, 6.07) is 22.9. The number of thioether (sulfide) groups is 1. The normalized spacial score (nSPS) is 21.7. The number of likely N-dealkylation sites (tertiary alicyclic amines) is 1. The SMILES string of the molecule is O=C(C[C@H]1SC(c2cccc(F)c2NCCN2CCOCC2)N(CCc2ccccc2)C1=O)N1CCC(N2CCc3ccccc3NC2=O)CC1. The van der Waals surface area contributed by atoms with E-state index >= 15 is 4.39 Å². The highest BCUT2D eigenvalue weighted by Gasteiger charge is 2.43. The lowest BCUT2D eigenvalue weighted by Gasteiger charge is -2.38. The lowest BCUT2D eigenvalue weighted by Crippen LogP contribution is -2.50. The zero-order valence-corrected chi connectivity index (χ0v) is 29.8. The molecule has 4 aliphatic heterocycles. The molecule has 2 N–H and O–H groups in total. The Labute approximate surface area is 303 Å². The quantitative estimate of drug-likeness (QED) is 0.281. The minimum absolute atomic E-state index is 0.0471. The summed E-state index contributed by atoms with van der Waals surface area (Å²) in [4.78, 5) is 48.9. The smallest absolute Gasteiger partial charge is 0.322 e. The van der Waals surface area contributed by atoms with Gasteiger partial charge in [0.25, 0.3) is 0 Å². The Balaban J connectivity index is 1.01. The molecule has 7 rings (SSSR count). The molecule has 0 bridgehead atoms. The van der Waals surface area contributed by atoms with Crippen LogP contribution in [0.2, 0.25) is 0 Å². The highest BCUT2D eigenvalue weighted by Crippen LogP contribution is 2.47. The van der Waals surface area contributed by atoms with Crippen molar-refractivity contribution < 1.29 is 23.5 Å². The molecular weight excluding hydrogens is 668 g/mol. The average Bonchev–Trinajstić information content (AvgIpc) is 3.35. The van der Waals surface area contributed by atoms with Crippen LogP contribution in [0.15, 0.2) is 72.8 Å². The van der Waals surface area contributed by atoms with Crippen LogP contribution < -0.4 is 10.6 Å². The summed E-state index contributed by atoms with van der Waals surface area (Å²) >= 11 is 1.45. The maximum atomic E-state index is 15.5. The minimum Gasteiger partial charge on any atom is -0.381 e. The van der Waals surface area contributed by atoms with Crippen LogP contribution in [0.1, 0.15) is 41.3 Å². The van der Waals surface area contributed by atoms with Gasteiger partial charge >= 0.3 is 6.03 Å². The van der Waals surface area contributed by atoms with Gasteiger partial charge in [-0.3, -0.25) is 14.5 Å². The molecule has 3 aromatic carbocycles. The molecule has 0 spiro atoms. The molecule has 1 unspecified atom stereocenters. The Morgan fingerprint density at radius 2 is 1.67 bits per heavy atom. The number of fused-ring (bicyclic) bond motifs is 1. The standard InChI is InChI=1S/C39H47FN6O4S/c40-32-11-6-10-31(36(32)41-17-22-43-23-25-50-26-24-43)38-46(20-13-28-7-2-1-3-8-28)37(48)34(51-38)27-35(47)44-18-15-30(16-19-44)45-21-14-29-9-4-5-12-33(29)42-39(45)49/h1-12,30,34,38,41H,13-27H2,(H,42,49)/t34-,38?/m1/s1. The molecule has 10 nitrogen and oxygen atoms in total. The molecule has 4 amide bonds. The molecule has 3 aromatic rings. The van der Waals surface area contributed by atoms with E-state index in [0.717, 1.165) is 48.4 Å². The highest BCUT2D eigenvalue weighted by molar-refractivity contribution is 8.01. The van der Waals surface area contributed by atoms with Gasteiger partial charge in [-0.05, 0) is 48.9 Å². The number of nitrogens with zero attached hydrogens (tertiary/aromatic N) is 4. The fraction of sp³-hybridized carbons (Fsp3) is 0.462. The van der Waals surface area contributed by atoms with E-state index in [1.165, 1.54) is 17.8 Å². The molecule has 3 saturated heterocycles. The zero-order valence-electron chi connectivity index (χ0n) is 29.0. The summed E-state index contributed by atoms with van der Waals surface area (Å²) in [5.41, 5.74) is 4.24. The van der Waals surface area contributed by atoms with Gasteiger partial charge in [-0.15, -0.1) is 11.8 Å². The Hall–Kier alpha value is -4.13. The van der Waals surface area contributed by atoms with Gasteiger partial charge in [0.15, 0.2) is 0 Å². The van der Waals surface area contributed by atoms with Gasteiger partial charge in [0.05, 0.1) is 24.2 Å². The van der Waals surface area contributed by atoms with Crippen LogP contribution in [-0.4, -0.2) is 114 Å². The van der Waals surface area contributed by atoms with Crippen molar-refractivity contribution in [2.24, 2.45) is 0 Å². The van der Waals surface area contributed by atoms with E-state index in [9.17, 15) is 14.4 Å². The number of nitrogens with one attached hydrogen (secondary N) is 2. The van der Waals surface area contributed by atoms with Gasteiger partial charge in [-0.25, -0.2) is 9.18 Å². The number of ether oxygens (including phenoxy) is 1. The van der Waals surface area contributed by atoms with Crippen LogP contribution in [0.5, 0.6) is 0 Å². The first kappa shape index (κ1) is 35.3. The van der Waals surface area contributed by atoms with Gasteiger partial charge in [-0.2, -0.15) is 0 Å². The number of benzene rings is 3. The largest absolute Gasteiger partial charge is 0.381 e. The molecule has 51 heavy (non-hydrogen) atoms. The molecular formula is C39H47FN6O4S. The highest BCUT2D eigenvalue weighted by atomic mass is 32.2. The third kappa shape index (κ3) is 8.34. The Bertz CT molecular complexity index is 1680. The maximum absolute atomic E-state index is 15.5. The van der Waals surface area contributed by atoms with E-state index in [1.807, 2.05) is 75.4 Å². The number of piperidine rings is 1. The summed E-state index contributed by atoms with van der Waals surface area (Å²) in [6.45, 7) is 6.59. The second-order valence-corrected chi connectivity index (χ2v) is 15.0. The summed E-state index contributed by atoms with van der Waals surface area (Å²) in [6.07, 6.45) is 2.91. The Morgan fingerprint density at radius 3 is 2.47 bits per heavy atom. The van der Waals surface area contributed by atoms with Crippen molar-refractivity contribution >= 4 is 41.0 Å². The number of carbonyl (C=O) groups is 3. The van der Waals surface area contributed by atoms with Crippen molar-refractivity contribution in [3.8, 4) is 0 Å². The maximum Gasteiger partial charge on any atom is 0.322 e. The summed E-state index contributed by atoms with van der Waals surface area (Å²) in [5, 5.41) is 5.40. The molecule has 12 heteroatoms. The molecule has 4 heterocycles. The number of amides is 4. The van der Waals surface area contributed by atoms with Crippen LogP contribution in [-0.2, 0) is 27.2 Å². The number of carbonyl (C=O) groups excluding carboxylic acids is 3. The van der Waals surface area contributed by atoms with Crippen molar-refractivity contribution in [3.05, 3.63) is 95.3 Å². The predicted octanol–water partition coefficient (Wildman–Crippen LogP) is 5.23. The van der Waals surface area contributed by atoms with Crippen LogP contribution >= 0.6 is 11.8 Å². The first-order valence-corrected chi connectivity index (χ1v) is 19.1. The third-order valence-electron chi connectivity index (χ3n) is 10.5. The van der Waals surface area contributed by atoms with Crippen molar-refractivity contribution in [2.75, 3.05) is 76.2 Å². The van der Waals surface area contributed by atoms with E-state index in [0.29, 0.717) is 70.9 Å². The molecule has 0 saturated carbocycles. The van der Waals surface area contributed by atoms with Crippen LogP contribution in [0.4, 0.5) is 20.6 Å². The van der Waals surface area contributed by atoms with Gasteiger partial charge in [-0.1, -0.05) is 60.7 Å². The van der Waals surface area contributed by atoms with Crippen LogP contribution in [0, 0.1) is 5.82 Å². The Kier molecular flexibility index (Phi) is 11.4. The van der Waals surface area contributed by atoms with E-state index < -0.39 is 10.6 Å². The van der Waals surface area contributed by atoms with Gasteiger partial charge < -0.3 is 30.1 Å². The second-order valence-electron chi connectivity index (χ2n) is 13.7. The number of hydrogen-bond acceptors (Lipinski definition) is 7. The molecule has 0 aliphatic carbocycles. The number of morpholine rings is 1. The Morgan fingerprint density at radius 1 is 0.902 bits per heavy atom. The van der Waals surface area contributed by atoms with E-state index in [-0.39, 0.29) is 36.1 Å². The van der Waals surface area contributed by atoms with E-state index in [1.54, 1.807) is 6.07 Å². The average molecular weight is 715 g/mol. The van der Waals surface area contributed by atoms with E-state index in [4.69, 9.17) is 4.74 Å². The predicted molar refractivity (Wildman–Crippen MR) is 198 cm³/mol. The molecule has 3 fully saturated rings. The summed E-state index contributed by atoms with van der Waals surface area (Å²) < 4.78 is 20.9. The second kappa shape index (κ2) is 16.5. The number of para-hydroxylation sites is 2. The van der Waals surface area contributed by atoms with E-state index in [2.05, 4.69) is 15.5 Å². The van der Waals surface area contributed by atoms with Crippen LogP contribution in [0.3, 0.4) is 0 Å². The zero-order chi connectivity index (χ0) is 35.2. The number of hydrogen-bond donors (Lipinski definition) is 2. The lowest BCUT2D eigenvalue weighted by molar-refractivity contribution is -0.136. The fourth-order valence-electron chi connectivity index (χ4n) is 7.64. The number of halogens is 1. The molecule has 0 aromatic heterocycles. The van der Waals surface area contributed by atoms with Gasteiger partial charge in [0, 0.05) is 76.1 Å². The molecule has 0 radical (unpaired) electrons. The van der Waals surface area contributed by atoms with Gasteiger partial charge in [0.1, 0.15) is 11.2 Å². The van der Waals surface area contributed by atoms with Crippen molar-refractivity contribution in [1.82, 2.24) is 19.6 Å².